The first-order valence-electron chi connectivity index (χ1n) is 7.16. The van der Waals surface area contributed by atoms with E-state index in [9.17, 15) is 4.79 Å². The lowest BCUT2D eigenvalue weighted by atomic mass is 10.2. The molecule has 0 bridgehead atoms. The second-order valence-corrected chi connectivity index (χ2v) is 4.88. The zero-order chi connectivity index (χ0) is 16.1. The number of carbonyl (C=O) groups is 1. The van der Waals surface area contributed by atoms with Crippen molar-refractivity contribution in [3.8, 4) is 11.4 Å². The summed E-state index contributed by atoms with van der Waals surface area (Å²) < 4.78 is 6.83. The molecule has 0 aliphatic rings. The second kappa shape index (κ2) is 6.74. The molecule has 0 aliphatic heterocycles. The topological polar surface area (TPSA) is 69.0 Å². The van der Waals surface area contributed by atoms with Crippen LogP contribution in [0.3, 0.4) is 0 Å². The van der Waals surface area contributed by atoms with Gasteiger partial charge in [-0.15, -0.1) is 5.10 Å². The van der Waals surface area contributed by atoms with Crippen molar-refractivity contribution in [2.24, 2.45) is 0 Å². The molecule has 116 valence electrons. The van der Waals surface area contributed by atoms with E-state index in [1.807, 2.05) is 54.6 Å². The standard InChI is InChI=1S/C17H16N4O2/c1-23-16-10-6-5-7-13(16)11-18-17(22)15-12-21(20-19-15)14-8-3-2-4-9-14/h2-10,12H,11H2,1H3,(H,18,22). The molecule has 0 fully saturated rings. The van der Waals surface area contributed by atoms with Crippen LogP contribution < -0.4 is 10.1 Å². The molecule has 3 aromatic rings. The molecule has 0 atom stereocenters. The summed E-state index contributed by atoms with van der Waals surface area (Å²) in [5, 5.41) is 10.7. The van der Waals surface area contributed by atoms with Crippen LogP contribution in [0.4, 0.5) is 0 Å². The van der Waals surface area contributed by atoms with Crippen LogP contribution in [0.25, 0.3) is 5.69 Å². The van der Waals surface area contributed by atoms with E-state index in [4.69, 9.17) is 4.74 Å². The molecule has 0 unspecified atom stereocenters. The van der Waals surface area contributed by atoms with Crippen molar-refractivity contribution in [2.75, 3.05) is 7.11 Å². The van der Waals surface area contributed by atoms with Crippen LogP contribution in [0.1, 0.15) is 16.1 Å². The minimum atomic E-state index is -0.280. The SMILES string of the molecule is COc1ccccc1CNC(=O)c1cn(-c2ccccc2)nn1. The summed E-state index contributed by atoms with van der Waals surface area (Å²) in [7, 11) is 1.60. The number of ether oxygens (including phenoxy) is 1. The van der Waals surface area contributed by atoms with Gasteiger partial charge in [0.05, 0.1) is 19.0 Å². The highest BCUT2D eigenvalue weighted by Gasteiger charge is 2.12. The third-order valence-electron chi connectivity index (χ3n) is 3.38. The van der Waals surface area contributed by atoms with E-state index in [1.165, 1.54) is 0 Å². The number of methoxy groups -OCH3 is 1. The van der Waals surface area contributed by atoms with Crippen molar-refractivity contribution in [1.82, 2.24) is 20.3 Å². The molecule has 0 spiro atoms. The third kappa shape index (κ3) is 3.37. The Hall–Kier alpha value is -3.15. The molecular weight excluding hydrogens is 292 g/mol. The molecule has 1 heterocycles. The molecule has 0 saturated carbocycles. The van der Waals surface area contributed by atoms with E-state index >= 15 is 0 Å². The van der Waals surface area contributed by atoms with Crippen molar-refractivity contribution in [1.29, 1.82) is 0 Å². The summed E-state index contributed by atoms with van der Waals surface area (Å²) in [6, 6.07) is 17.0. The predicted molar refractivity (Wildman–Crippen MR) is 85.5 cm³/mol. The Bertz CT molecular complexity index is 799. The lowest BCUT2D eigenvalue weighted by Gasteiger charge is -2.08. The molecule has 23 heavy (non-hydrogen) atoms. The lowest BCUT2D eigenvalue weighted by molar-refractivity contribution is 0.0945. The highest BCUT2D eigenvalue weighted by molar-refractivity contribution is 5.91. The number of rotatable bonds is 5. The molecule has 6 heteroatoms. The van der Waals surface area contributed by atoms with E-state index in [0.29, 0.717) is 6.54 Å². The number of hydrogen-bond acceptors (Lipinski definition) is 4. The Kier molecular flexibility index (Phi) is 4.33. The number of carbonyl (C=O) groups excluding carboxylic acids is 1. The summed E-state index contributed by atoms with van der Waals surface area (Å²) in [4.78, 5) is 12.2. The van der Waals surface area contributed by atoms with Gasteiger partial charge in [-0.1, -0.05) is 41.6 Å². The molecule has 3 rings (SSSR count). The molecule has 1 amide bonds. The maximum atomic E-state index is 12.2. The van der Waals surface area contributed by atoms with Crippen molar-refractivity contribution in [3.63, 3.8) is 0 Å². The zero-order valence-electron chi connectivity index (χ0n) is 12.6. The van der Waals surface area contributed by atoms with Crippen molar-refractivity contribution >= 4 is 5.91 Å². The molecule has 6 nitrogen and oxygen atoms in total. The largest absolute Gasteiger partial charge is 0.496 e. The first kappa shape index (κ1) is 14.8. The Balaban J connectivity index is 1.68. The Morgan fingerprint density at radius 1 is 1.13 bits per heavy atom. The fourth-order valence-electron chi connectivity index (χ4n) is 2.19. The van der Waals surface area contributed by atoms with Crippen LogP contribution in [0.2, 0.25) is 0 Å². The fourth-order valence-corrected chi connectivity index (χ4v) is 2.19. The number of nitrogens with zero attached hydrogens (tertiary/aromatic N) is 3. The number of aromatic nitrogens is 3. The highest BCUT2D eigenvalue weighted by atomic mass is 16.5. The van der Waals surface area contributed by atoms with Gasteiger partial charge in [0.2, 0.25) is 0 Å². The predicted octanol–water partition coefficient (Wildman–Crippen LogP) is 2.21. The molecular formula is C17H16N4O2. The van der Waals surface area contributed by atoms with Gasteiger partial charge < -0.3 is 10.1 Å². The smallest absolute Gasteiger partial charge is 0.273 e. The average Bonchev–Trinajstić information content (AvgIpc) is 3.11. The van der Waals surface area contributed by atoms with Gasteiger partial charge >= 0.3 is 0 Å². The van der Waals surface area contributed by atoms with Gasteiger partial charge in [-0.25, -0.2) is 4.68 Å². The van der Waals surface area contributed by atoms with Crippen molar-refractivity contribution in [3.05, 3.63) is 72.1 Å². The third-order valence-corrected chi connectivity index (χ3v) is 3.38. The van der Waals surface area contributed by atoms with Crippen LogP contribution in [-0.2, 0) is 6.54 Å². The Morgan fingerprint density at radius 3 is 2.65 bits per heavy atom. The lowest BCUT2D eigenvalue weighted by Crippen LogP contribution is -2.23. The summed E-state index contributed by atoms with van der Waals surface area (Å²) in [6.45, 7) is 0.362. The quantitative estimate of drug-likeness (QED) is 0.784. The molecule has 0 saturated heterocycles. The van der Waals surface area contributed by atoms with Crippen LogP contribution in [0.15, 0.2) is 60.8 Å². The second-order valence-electron chi connectivity index (χ2n) is 4.88. The van der Waals surface area contributed by atoms with E-state index in [-0.39, 0.29) is 11.6 Å². The number of hydrogen-bond donors (Lipinski definition) is 1. The van der Waals surface area contributed by atoms with Gasteiger partial charge in [0.1, 0.15) is 5.75 Å². The molecule has 1 aromatic heterocycles. The minimum absolute atomic E-state index is 0.267. The average molecular weight is 308 g/mol. The number of amides is 1. The molecule has 2 aromatic carbocycles. The number of nitrogens with one attached hydrogen (secondary N) is 1. The molecule has 1 N–H and O–H groups in total. The summed E-state index contributed by atoms with van der Waals surface area (Å²) >= 11 is 0. The first-order valence-corrected chi connectivity index (χ1v) is 7.16. The van der Waals surface area contributed by atoms with Crippen LogP contribution in [-0.4, -0.2) is 28.0 Å². The van der Waals surface area contributed by atoms with Crippen LogP contribution >= 0.6 is 0 Å². The number of para-hydroxylation sites is 2. The van der Waals surface area contributed by atoms with Gasteiger partial charge in [-0.05, 0) is 18.2 Å². The van der Waals surface area contributed by atoms with Crippen LogP contribution in [0, 0.1) is 0 Å². The van der Waals surface area contributed by atoms with E-state index in [1.54, 1.807) is 18.0 Å². The van der Waals surface area contributed by atoms with Crippen LogP contribution in [0.5, 0.6) is 5.75 Å². The van der Waals surface area contributed by atoms with E-state index in [2.05, 4.69) is 15.6 Å². The van der Waals surface area contributed by atoms with Gasteiger partial charge in [0, 0.05) is 12.1 Å². The normalized spacial score (nSPS) is 10.3. The Labute approximate surface area is 133 Å². The van der Waals surface area contributed by atoms with Crippen molar-refractivity contribution < 1.29 is 9.53 Å². The molecule has 0 aliphatic carbocycles. The first-order chi connectivity index (χ1) is 11.3. The van der Waals surface area contributed by atoms with Gasteiger partial charge in [0.15, 0.2) is 5.69 Å². The maximum absolute atomic E-state index is 12.2. The van der Waals surface area contributed by atoms with E-state index in [0.717, 1.165) is 17.0 Å². The van der Waals surface area contributed by atoms with Crippen molar-refractivity contribution in [2.45, 2.75) is 6.54 Å². The van der Waals surface area contributed by atoms with E-state index < -0.39 is 0 Å². The highest BCUT2D eigenvalue weighted by Crippen LogP contribution is 2.16. The Morgan fingerprint density at radius 2 is 1.87 bits per heavy atom. The minimum Gasteiger partial charge on any atom is -0.496 e. The van der Waals surface area contributed by atoms with Gasteiger partial charge in [-0.3, -0.25) is 4.79 Å². The fraction of sp³-hybridized carbons (Fsp3) is 0.118. The number of benzene rings is 2. The summed E-state index contributed by atoms with van der Waals surface area (Å²) in [5.74, 6) is 0.457. The summed E-state index contributed by atoms with van der Waals surface area (Å²) in [5.41, 5.74) is 2.02. The van der Waals surface area contributed by atoms with Gasteiger partial charge in [0.25, 0.3) is 5.91 Å². The zero-order valence-corrected chi connectivity index (χ0v) is 12.6. The maximum Gasteiger partial charge on any atom is 0.273 e. The molecule has 0 radical (unpaired) electrons. The van der Waals surface area contributed by atoms with Gasteiger partial charge in [-0.2, -0.15) is 0 Å². The summed E-state index contributed by atoms with van der Waals surface area (Å²) in [6.07, 6.45) is 1.60. The monoisotopic (exact) mass is 308 g/mol.